The van der Waals surface area contributed by atoms with Gasteiger partial charge in [0, 0.05) is 0 Å². The van der Waals surface area contributed by atoms with Crippen LogP contribution in [0.2, 0.25) is 0 Å². The number of hydrogen-bond donors (Lipinski definition) is 2. The van der Waals surface area contributed by atoms with Gasteiger partial charge in [-0.15, -0.1) is 0 Å². The molecule has 64 valence electrons. The molecular formula is C6H6FN3O2. The van der Waals surface area contributed by atoms with Crippen LogP contribution >= 0.6 is 0 Å². The molecule has 0 radical (unpaired) electrons. The van der Waals surface area contributed by atoms with Crippen LogP contribution in [-0.2, 0) is 0 Å². The van der Waals surface area contributed by atoms with E-state index in [9.17, 15) is 14.5 Å². The Kier molecular flexibility index (Phi) is 1.82. The third-order valence-electron chi connectivity index (χ3n) is 1.35. The molecule has 0 saturated heterocycles. The van der Waals surface area contributed by atoms with Crippen molar-refractivity contribution in [2.75, 3.05) is 11.5 Å². The van der Waals surface area contributed by atoms with Crippen LogP contribution in [0, 0.1) is 15.9 Å². The first-order valence-corrected chi connectivity index (χ1v) is 3.01. The van der Waals surface area contributed by atoms with Crippen molar-refractivity contribution < 1.29 is 9.31 Å². The van der Waals surface area contributed by atoms with E-state index in [1.165, 1.54) is 0 Å². The van der Waals surface area contributed by atoms with E-state index in [-0.39, 0.29) is 11.4 Å². The lowest BCUT2D eigenvalue weighted by atomic mass is 10.2. The van der Waals surface area contributed by atoms with Crippen LogP contribution in [0.3, 0.4) is 0 Å². The van der Waals surface area contributed by atoms with Gasteiger partial charge in [0.2, 0.25) is 0 Å². The van der Waals surface area contributed by atoms with Gasteiger partial charge in [-0.1, -0.05) is 0 Å². The summed E-state index contributed by atoms with van der Waals surface area (Å²) in [6.45, 7) is 0. The Labute approximate surface area is 66.9 Å². The number of nitrogens with two attached hydrogens (primary N) is 2. The molecule has 0 spiro atoms. The van der Waals surface area contributed by atoms with Crippen LogP contribution in [-0.4, -0.2) is 4.92 Å². The lowest BCUT2D eigenvalue weighted by Gasteiger charge is -2.00. The first-order chi connectivity index (χ1) is 5.52. The quantitative estimate of drug-likeness (QED) is 0.372. The molecule has 1 rings (SSSR count). The van der Waals surface area contributed by atoms with Gasteiger partial charge in [-0.2, -0.15) is 0 Å². The summed E-state index contributed by atoms with van der Waals surface area (Å²) < 4.78 is 12.5. The lowest BCUT2D eigenvalue weighted by molar-refractivity contribution is -0.384. The van der Waals surface area contributed by atoms with Gasteiger partial charge in [0.25, 0.3) is 5.69 Å². The Morgan fingerprint density at radius 1 is 1.42 bits per heavy atom. The van der Waals surface area contributed by atoms with Gasteiger partial charge in [0.1, 0.15) is 11.5 Å². The maximum Gasteiger partial charge on any atom is 0.297 e. The molecule has 0 bridgehead atoms. The van der Waals surface area contributed by atoms with Crippen molar-refractivity contribution in [2.45, 2.75) is 0 Å². The molecule has 0 heterocycles. The Hall–Kier alpha value is -1.85. The zero-order valence-corrected chi connectivity index (χ0v) is 5.95. The monoisotopic (exact) mass is 171 g/mol. The normalized spacial score (nSPS) is 9.75. The zero-order chi connectivity index (χ0) is 9.30. The van der Waals surface area contributed by atoms with Gasteiger partial charge in [0.15, 0.2) is 0 Å². The second kappa shape index (κ2) is 2.65. The highest BCUT2D eigenvalue weighted by molar-refractivity contribution is 5.73. The van der Waals surface area contributed by atoms with Crippen molar-refractivity contribution in [1.29, 1.82) is 0 Å². The molecule has 0 aromatic heterocycles. The van der Waals surface area contributed by atoms with Crippen LogP contribution in [0.1, 0.15) is 0 Å². The number of nitro benzene ring substituents is 1. The minimum Gasteiger partial charge on any atom is -0.397 e. The third-order valence-corrected chi connectivity index (χ3v) is 1.35. The van der Waals surface area contributed by atoms with Crippen molar-refractivity contribution in [2.24, 2.45) is 0 Å². The first-order valence-electron chi connectivity index (χ1n) is 3.01. The molecule has 0 unspecified atom stereocenters. The van der Waals surface area contributed by atoms with Crippen LogP contribution in [0.5, 0.6) is 0 Å². The fourth-order valence-electron chi connectivity index (χ4n) is 0.775. The van der Waals surface area contributed by atoms with E-state index in [1.807, 2.05) is 0 Å². The van der Waals surface area contributed by atoms with E-state index in [1.54, 1.807) is 0 Å². The predicted octanol–water partition coefficient (Wildman–Crippen LogP) is 0.898. The Morgan fingerprint density at radius 3 is 2.50 bits per heavy atom. The second-order valence-corrected chi connectivity index (χ2v) is 2.18. The summed E-state index contributed by atoms with van der Waals surface area (Å²) >= 11 is 0. The Bertz CT molecular complexity index is 340. The number of nitro groups is 1. The summed E-state index contributed by atoms with van der Waals surface area (Å²) in [6, 6.07) is 1.66. The highest BCUT2D eigenvalue weighted by Crippen LogP contribution is 2.27. The number of anilines is 2. The Morgan fingerprint density at radius 2 is 2.00 bits per heavy atom. The molecule has 1 aromatic carbocycles. The lowest BCUT2D eigenvalue weighted by Crippen LogP contribution is -2.01. The SMILES string of the molecule is Nc1cc(F)cc([N+](=O)[O-])c1N. The number of benzene rings is 1. The van der Waals surface area contributed by atoms with Crippen LogP contribution in [0.25, 0.3) is 0 Å². The van der Waals surface area contributed by atoms with E-state index in [2.05, 4.69) is 0 Å². The molecule has 5 nitrogen and oxygen atoms in total. The average Bonchev–Trinajstić information content (AvgIpc) is 1.96. The summed E-state index contributed by atoms with van der Waals surface area (Å²) in [5.41, 5.74) is 9.57. The molecular weight excluding hydrogens is 165 g/mol. The van der Waals surface area contributed by atoms with Crippen LogP contribution in [0.15, 0.2) is 12.1 Å². The van der Waals surface area contributed by atoms with Gasteiger partial charge >= 0.3 is 0 Å². The molecule has 0 aliphatic heterocycles. The second-order valence-electron chi connectivity index (χ2n) is 2.18. The summed E-state index contributed by atoms with van der Waals surface area (Å²) in [5, 5.41) is 10.2. The van der Waals surface area contributed by atoms with Crippen molar-refractivity contribution >= 4 is 17.1 Å². The fourth-order valence-corrected chi connectivity index (χ4v) is 0.775. The maximum absolute atomic E-state index is 12.5. The molecule has 6 heteroatoms. The number of rotatable bonds is 1. The molecule has 0 aliphatic carbocycles. The maximum atomic E-state index is 12.5. The van der Waals surface area contributed by atoms with Crippen molar-refractivity contribution in [3.63, 3.8) is 0 Å². The average molecular weight is 171 g/mol. The van der Waals surface area contributed by atoms with Gasteiger partial charge < -0.3 is 11.5 Å². The minimum atomic E-state index is -0.783. The molecule has 4 N–H and O–H groups in total. The van der Waals surface area contributed by atoms with E-state index in [0.29, 0.717) is 0 Å². The highest BCUT2D eigenvalue weighted by atomic mass is 19.1. The van der Waals surface area contributed by atoms with E-state index < -0.39 is 16.4 Å². The predicted molar refractivity (Wildman–Crippen MR) is 41.9 cm³/mol. The number of hydrogen-bond acceptors (Lipinski definition) is 4. The first kappa shape index (κ1) is 8.25. The van der Waals surface area contributed by atoms with Crippen LogP contribution in [0.4, 0.5) is 21.5 Å². The van der Waals surface area contributed by atoms with Crippen molar-refractivity contribution in [1.82, 2.24) is 0 Å². The van der Waals surface area contributed by atoms with E-state index in [4.69, 9.17) is 11.5 Å². The van der Waals surface area contributed by atoms with Gasteiger partial charge in [-0.05, 0) is 6.07 Å². The number of nitrogens with zero attached hydrogens (tertiary/aromatic N) is 1. The molecule has 12 heavy (non-hydrogen) atoms. The molecule has 0 atom stereocenters. The largest absolute Gasteiger partial charge is 0.397 e. The molecule has 1 aromatic rings. The smallest absolute Gasteiger partial charge is 0.297 e. The Balaban J connectivity index is 3.37. The molecule has 0 fully saturated rings. The van der Waals surface area contributed by atoms with Crippen molar-refractivity contribution in [3.05, 3.63) is 28.1 Å². The van der Waals surface area contributed by atoms with Gasteiger partial charge in [-0.25, -0.2) is 4.39 Å². The van der Waals surface area contributed by atoms with E-state index in [0.717, 1.165) is 12.1 Å². The summed E-state index contributed by atoms with van der Waals surface area (Å²) in [5.74, 6) is -0.770. The molecule has 0 saturated carbocycles. The zero-order valence-electron chi connectivity index (χ0n) is 5.95. The van der Waals surface area contributed by atoms with E-state index >= 15 is 0 Å². The molecule has 0 aliphatic rings. The summed E-state index contributed by atoms with van der Waals surface area (Å²) in [7, 11) is 0. The van der Waals surface area contributed by atoms with Crippen molar-refractivity contribution in [3.8, 4) is 0 Å². The molecule has 0 amide bonds. The summed E-state index contributed by atoms with van der Waals surface area (Å²) in [4.78, 5) is 9.45. The van der Waals surface area contributed by atoms with Gasteiger partial charge in [0.05, 0.1) is 16.7 Å². The number of nitrogen functional groups attached to an aromatic ring is 2. The summed E-state index contributed by atoms with van der Waals surface area (Å²) in [6.07, 6.45) is 0. The minimum absolute atomic E-state index is 0.123. The fraction of sp³-hybridized carbons (Fsp3) is 0. The van der Waals surface area contributed by atoms with Gasteiger partial charge in [-0.3, -0.25) is 10.1 Å². The topological polar surface area (TPSA) is 95.2 Å². The van der Waals surface area contributed by atoms with Crippen LogP contribution < -0.4 is 11.5 Å². The standard InChI is InChI=1S/C6H6FN3O2/c7-3-1-4(8)6(9)5(2-3)10(11)12/h1-2H,8-9H2. The number of halogens is 1. The highest BCUT2D eigenvalue weighted by Gasteiger charge is 2.15. The third kappa shape index (κ3) is 1.26.